The van der Waals surface area contributed by atoms with Gasteiger partial charge in [-0.15, -0.1) is 11.8 Å². The average molecular weight is 388 g/mol. The van der Waals surface area contributed by atoms with Crippen LogP contribution in [0.2, 0.25) is 0 Å². The molecule has 2 aromatic carbocycles. The average Bonchev–Trinajstić information content (AvgIpc) is 3.20. The van der Waals surface area contributed by atoms with Crippen LogP contribution in [0.1, 0.15) is 24.5 Å². The number of halogens is 2. The monoisotopic (exact) mass is 388 g/mol. The van der Waals surface area contributed by atoms with E-state index in [1.54, 1.807) is 34.9 Å². The summed E-state index contributed by atoms with van der Waals surface area (Å²) in [5, 5.41) is 0. The van der Waals surface area contributed by atoms with Crippen LogP contribution < -0.4 is 4.90 Å². The van der Waals surface area contributed by atoms with Crippen LogP contribution in [0.3, 0.4) is 0 Å². The minimum atomic E-state index is -1.22. The van der Waals surface area contributed by atoms with E-state index in [0.29, 0.717) is 23.5 Å². The van der Waals surface area contributed by atoms with Gasteiger partial charge in [-0.05, 0) is 35.9 Å². The summed E-state index contributed by atoms with van der Waals surface area (Å²) in [7, 11) is 0. The highest BCUT2D eigenvalue weighted by atomic mass is 32.2. The number of nitrogens with zero attached hydrogens (tertiary/aromatic N) is 2. The molecule has 4 nitrogen and oxygen atoms in total. The Morgan fingerprint density at radius 1 is 1.15 bits per heavy atom. The number of hydrogen-bond acceptors (Lipinski definition) is 3. The minimum Gasteiger partial charge on any atom is -0.315 e. The molecular formula is C20H18F2N2O2S. The second kappa shape index (κ2) is 6.64. The molecule has 1 saturated heterocycles. The van der Waals surface area contributed by atoms with Gasteiger partial charge in [0, 0.05) is 24.3 Å². The molecule has 2 aliphatic heterocycles. The SMILES string of the molecule is CCC(=O)N1CCSC12C(=O)N(Cc1ccc(F)cc1)c1ccc(F)cc12. The molecule has 2 amide bonds. The lowest BCUT2D eigenvalue weighted by molar-refractivity contribution is -0.139. The van der Waals surface area contributed by atoms with E-state index in [1.165, 1.54) is 36.0 Å². The predicted molar refractivity (Wildman–Crippen MR) is 100 cm³/mol. The van der Waals surface area contributed by atoms with Crippen LogP contribution in [0.4, 0.5) is 14.5 Å². The van der Waals surface area contributed by atoms with Crippen molar-refractivity contribution >= 4 is 29.3 Å². The molecule has 1 atom stereocenters. The van der Waals surface area contributed by atoms with Crippen LogP contribution in [-0.4, -0.2) is 29.0 Å². The zero-order valence-electron chi connectivity index (χ0n) is 14.7. The number of rotatable bonds is 3. The van der Waals surface area contributed by atoms with Crippen molar-refractivity contribution < 1.29 is 18.4 Å². The molecule has 0 aliphatic carbocycles. The molecule has 140 valence electrons. The van der Waals surface area contributed by atoms with Crippen molar-refractivity contribution in [2.24, 2.45) is 0 Å². The molecule has 2 heterocycles. The smallest absolute Gasteiger partial charge is 0.268 e. The molecule has 0 aromatic heterocycles. The van der Waals surface area contributed by atoms with Crippen LogP contribution in [-0.2, 0) is 21.0 Å². The van der Waals surface area contributed by atoms with Crippen LogP contribution in [0.5, 0.6) is 0 Å². The summed E-state index contributed by atoms with van der Waals surface area (Å²) in [6.45, 7) is 2.43. The van der Waals surface area contributed by atoms with Gasteiger partial charge in [0.2, 0.25) is 5.91 Å². The Bertz CT molecular complexity index is 919. The van der Waals surface area contributed by atoms with Crippen LogP contribution >= 0.6 is 11.8 Å². The van der Waals surface area contributed by atoms with Gasteiger partial charge in [-0.3, -0.25) is 9.59 Å². The van der Waals surface area contributed by atoms with Gasteiger partial charge in [0.15, 0.2) is 4.87 Å². The molecular weight excluding hydrogens is 370 g/mol. The summed E-state index contributed by atoms with van der Waals surface area (Å²) in [5.41, 5.74) is 1.86. The highest BCUT2D eigenvalue weighted by molar-refractivity contribution is 8.01. The highest BCUT2D eigenvalue weighted by Crippen LogP contribution is 2.54. The molecule has 7 heteroatoms. The fourth-order valence-corrected chi connectivity index (χ4v) is 5.23. The summed E-state index contributed by atoms with van der Waals surface area (Å²) in [4.78, 5) is 28.0. The maximum atomic E-state index is 14.0. The molecule has 4 rings (SSSR count). The van der Waals surface area contributed by atoms with Crippen LogP contribution in [0, 0.1) is 11.6 Å². The number of anilines is 1. The lowest BCUT2D eigenvalue weighted by atomic mass is 10.1. The Labute approximate surface area is 160 Å². The van der Waals surface area contributed by atoms with E-state index >= 15 is 0 Å². The fourth-order valence-electron chi connectivity index (χ4n) is 3.76. The Balaban J connectivity index is 1.81. The first-order valence-electron chi connectivity index (χ1n) is 8.78. The van der Waals surface area contributed by atoms with Gasteiger partial charge in [0.25, 0.3) is 5.91 Å². The molecule has 0 saturated carbocycles. The van der Waals surface area contributed by atoms with Gasteiger partial charge in [-0.2, -0.15) is 0 Å². The van der Waals surface area contributed by atoms with Gasteiger partial charge in [0.05, 0.1) is 12.2 Å². The lowest BCUT2D eigenvalue weighted by Gasteiger charge is -2.33. The third-order valence-electron chi connectivity index (χ3n) is 5.01. The Morgan fingerprint density at radius 2 is 1.85 bits per heavy atom. The molecule has 0 bridgehead atoms. The molecule has 27 heavy (non-hydrogen) atoms. The molecule has 1 spiro atoms. The maximum absolute atomic E-state index is 14.0. The number of thioether (sulfide) groups is 1. The number of carbonyl (C=O) groups is 2. The van der Waals surface area contributed by atoms with E-state index < -0.39 is 10.7 Å². The molecule has 0 radical (unpaired) electrons. The highest BCUT2D eigenvalue weighted by Gasteiger charge is 2.59. The van der Waals surface area contributed by atoms with Gasteiger partial charge < -0.3 is 9.80 Å². The molecule has 2 aliphatic rings. The first-order chi connectivity index (χ1) is 13.0. The zero-order chi connectivity index (χ0) is 19.2. The second-order valence-corrected chi connectivity index (χ2v) is 7.86. The van der Waals surface area contributed by atoms with Crippen molar-refractivity contribution in [1.82, 2.24) is 4.90 Å². The van der Waals surface area contributed by atoms with Crippen molar-refractivity contribution in [2.75, 3.05) is 17.2 Å². The number of carbonyl (C=O) groups excluding carboxylic acids is 2. The summed E-state index contributed by atoms with van der Waals surface area (Å²) in [5.74, 6) is -0.570. The minimum absolute atomic E-state index is 0.132. The Hall–Kier alpha value is -2.41. The van der Waals surface area contributed by atoms with E-state index in [-0.39, 0.29) is 30.6 Å². The fraction of sp³-hybridized carbons (Fsp3) is 0.300. The van der Waals surface area contributed by atoms with E-state index in [9.17, 15) is 18.4 Å². The maximum Gasteiger partial charge on any atom is 0.268 e. The Morgan fingerprint density at radius 3 is 2.56 bits per heavy atom. The topological polar surface area (TPSA) is 40.6 Å². The van der Waals surface area contributed by atoms with Crippen molar-refractivity contribution in [3.8, 4) is 0 Å². The van der Waals surface area contributed by atoms with E-state index in [4.69, 9.17) is 0 Å². The van der Waals surface area contributed by atoms with Crippen molar-refractivity contribution in [2.45, 2.75) is 24.8 Å². The third-order valence-corrected chi connectivity index (χ3v) is 6.43. The molecule has 2 aromatic rings. The van der Waals surface area contributed by atoms with Gasteiger partial charge in [0.1, 0.15) is 11.6 Å². The number of fused-ring (bicyclic) bond motifs is 2. The van der Waals surface area contributed by atoms with E-state index in [1.807, 2.05) is 0 Å². The van der Waals surface area contributed by atoms with Gasteiger partial charge in [-0.25, -0.2) is 8.78 Å². The standard InChI is InChI=1S/C20H18F2N2O2S/c1-2-18(25)24-9-10-27-20(24)16-11-15(22)7-8-17(16)23(19(20)26)12-13-3-5-14(21)6-4-13/h3-8,11H,2,9-10,12H2,1H3. The molecule has 1 fully saturated rings. The summed E-state index contributed by atoms with van der Waals surface area (Å²) < 4.78 is 27.3. The molecule has 0 N–H and O–H groups in total. The first kappa shape index (κ1) is 18.0. The van der Waals surface area contributed by atoms with Crippen molar-refractivity contribution in [1.29, 1.82) is 0 Å². The van der Waals surface area contributed by atoms with Crippen LogP contribution in [0.25, 0.3) is 0 Å². The van der Waals surface area contributed by atoms with Gasteiger partial charge in [-0.1, -0.05) is 19.1 Å². The quantitative estimate of drug-likeness (QED) is 0.806. The van der Waals surface area contributed by atoms with Gasteiger partial charge >= 0.3 is 0 Å². The third kappa shape index (κ3) is 2.72. The zero-order valence-corrected chi connectivity index (χ0v) is 15.6. The second-order valence-electron chi connectivity index (χ2n) is 6.57. The number of amides is 2. The molecule has 1 unspecified atom stereocenters. The van der Waals surface area contributed by atoms with E-state index in [2.05, 4.69) is 0 Å². The van der Waals surface area contributed by atoms with Crippen molar-refractivity contribution in [3.63, 3.8) is 0 Å². The number of hydrogen-bond donors (Lipinski definition) is 0. The van der Waals surface area contributed by atoms with E-state index in [0.717, 1.165) is 5.56 Å². The summed E-state index contributed by atoms with van der Waals surface area (Å²) >= 11 is 1.37. The van der Waals surface area contributed by atoms with Crippen LogP contribution in [0.15, 0.2) is 42.5 Å². The number of benzene rings is 2. The lowest BCUT2D eigenvalue weighted by Crippen LogP contribution is -2.50. The summed E-state index contributed by atoms with van der Waals surface area (Å²) in [6.07, 6.45) is 0.276. The largest absolute Gasteiger partial charge is 0.315 e. The Kier molecular flexibility index (Phi) is 4.42. The first-order valence-corrected chi connectivity index (χ1v) is 9.77. The summed E-state index contributed by atoms with van der Waals surface area (Å²) in [6, 6.07) is 10.2. The van der Waals surface area contributed by atoms with Crippen molar-refractivity contribution in [3.05, 3.63) is 65.2 Å². The predicted octanol–water partition coefficient (Wildman–Crippen LogP) is 3.65. The normalized spacial score (nSPS) is 21.2.